The standard InChI is InChI=1S/C21H22BrN3O5S/c1-12-10-13(4-5-14(12)19(27)24-8-2-3-9-24)25-11-15(18(26)20(25)28)23-21(29)30-17-7-6-16(22)31-17/h4-7,10,15,18,26H,2-3,8-9,11H2,1H3,(H,23,29). The maximum absolute atomic E-state index is 12.7. The van der Waals surface area contributed by atoms with Crippen LogP contribution in [0, 0.1) is 6.92 Å². The third-order valence-electron chi connectivity index (χ3n) is 5.47. The van der Waals surface area contributed by atoms with Crippen molar-refractivity contribution in [1.29, 1.82) is 0 Å². The molecule has 10 heteroatoms. The van der Waals surface area contributed by atoms with Gasteiger partial charge in [-0.1, -0.05) is 11.3 Å². The van der Waals surface area contributed by atoms with Crippen LogP contribution in [0.15, 0.2) is 34.1 Å². The van der Waals surface area contributed by atoms with Gasteiger partial charge in [-0.3, -0.25) is 9.59 Å². The first-order valence-electron chi connectivity index (χ1n) is 9.96. The van der Waals surface area contributed by atoms with Crippen LogP contribution < -0.4 is 15.0 Å². The predicted molar refractivity (Wildman–Crippen MR) is 120 cm³/mol. The quantitative estimate of drug-likeness (QED) is 0.662. The number of aliphatic hydroxyl groups excluding tert-OH is 1. The Hall–Kier alpha value is -2.43. The highest BCUT2D eigenvalue weighted by molar-refractivity contribution is 9.11. The van der Waals surface area contributed by atoms with Crippen molar-refractivity contribution >= 4 is 50.9 Å². The maximum atomic E-state index is 12.7. The summed E-state index contributed by atoms with van der Waals surface area (Å²) in [6, 6.07) is 7.76. The van der Waals surface area contributed by atoms with E-state index in [2.05, 4.69) is 21.2 Å². The number of halogens is 1. The summed E-state index contributed by atoms with van der Waals surface area (Å²) >= 11 is 4.54. The number of carbonyl (C=O) groups is 3. The number of ether oxygens (including phenoxy) is 1. The highest BCUT2D eigenvalue weighted by atomic mass is 79.9. The number of amides is 3. The first-order chi connectivity index (χ1) is 14.8. The Morgan fingerprint density at radius 1 is 1.23 bits per heavy atom. The minimum absolute atomic E-state index is 0.00293. The lowest BCUT2D eigenvalue weighted by Gasteiger charge is -2.20. The van der Waals surface area contributed by atoms with Crippen molar-refractivity contribution in [2.24, 2.45) is 0 Å². The Morgan fingerprint density at radius 3 is 2.61 bits per heavy atom. The third kappa shape index (κ3) is 4.60. The third-order valence-corrected chi connectivity index (χ3v) is 6.97. The Kier molecular flexibility index (Phi) is 6.31. The molecule has 164 valence electrons. The van der Waals surface area contributed by atoms with Gasteiger partial charge in [-0.2, -0.15) is 0 Å². The summed E-state index contributed by atoms with van der Waals surface area (Å²) in [5, 5.41) is 13.3. The summed E-state index contributed by atoms with van der Waals surface area (Å²) in [7, 11) is 0. The number of benzene rings is 1. The summed E-state index contributed by atoms with van der Waals surface area (Å²) in [4.78, 5) is 40.7. The van der Waals surface area contributed by atoms with Gasteiger partial charge in [0, 0.05) is 30.9 Å². The zero-order chi connectivity index (χ0) is 22.1. The Balaban J connectivity index is 1.43. The molecule has 2 saturated heterocycles. The molecule has 2 atom stereocenters. The Morgan fingerprint density at radius 2 is 1.97 bits per heavy atom. The number of likely N-dealkylation sites (tertiary alicyclic amines) is 1. The van der Waals surface area contributed by atoms with E-state index in [1.54, 1.807) is 30.3 Å². The average molecular weight is 508 g/mol. The first-order valence-corrected chi connectivity index (χ1v) is 11.6. The van der Waals surface area contributed by atoms with Gasteiger partial charge in [0.2, 0.25) is 0 Å². The van der Waals surface area contributed by atoms with Crippen molar-refractivity contribution < 1.29 is 24.2 Å². The van der Waals surface area contributed by atoms with Crippen molar-refractivity contribution in [1.82, 2.24) is 10.2 Å². The summed E-state index contributed by atoms with van der Waals surface area (Å²) in [5.41, 5.74) is 1.94. The number of aliphatic hydroxyl groups is 1. The van der Waals surface area contributed by atoms with Crippen LogP contribution in [0.4, 0.5) is 10.5 Å². The van der Waals surface area contributed by atoms with E-state index in [0.717, 1.165) is 35.3 Å². The predicted octanol–water partition coefficient (Wildman–Crippen LogP) is 2.92. The monoisotopic (exact) mass is 507 g/mol. The lowest BCUT2D eigenvalue weighted by molar-refractivity contribution is -0.124. The van der Waals surface area contributed by atoms with Crippen LogP contribution in [-0.2, 0) is 4.79 Å². The Labute approximate surface area is 191 Å². The molecule has 0 radical (unpaired) electrons. The van der Waals surface area contributed by atoms with Crippen LogP contribution in [0.5, 0.6) is 5.06 Å². The van der Waals surface area contributed by atoms with E-state index in [9.17, 15) is 19.5 Å². The lowest BCUT2D eigenvalue weighted by Crippen LogP contribution is -2.44. The summed E-state index contributed by atoms with van der Waals surface area (Å²) in [5.74, 6) is -0.515. The van der Waals surface area contributed by atoms with Gasteiger partial charge in [-0.25, -0.2) is 4.79 Å². The number of anilines is 1. The molecule has 2 unspecified atom stereocenters. The SMILES string of the molecule is Cc1cc(N2CC(NC(=O)Oc3ccc(Br)s3)C(O)C2=O)ccc1C(=O)N1CCCC1. The van der Waals surface area contributed by atoms with Gasteiger partial charge in [-0.15, -0.1) is 0 Å². The zero-order valence-electron chi connectivity index (χ0n) is 16.8. The van der Waals surface area contributed by atoms with Crippen molar-refractivity contribution in [3.8, 4) is 5.06 Å². The van der Waals surface area contributed by atoms with Gasteiger partial charge in [0.25, 0.3) is 11.8 Å². The smallest absolute Gasteiger partial charge is 0.399 e. The van der Waals surface area contributed by atoms with Crippen molar-refractivity contribution in [2.45, 2.75) is 31.9 Å². The van der Waals surface area contributed by atoms with Crippen LogP contribution in [0.2, 0.25) is 0 Å². The highest BCUT2D eigenvalue weighted by Crippen LogP contribution is 2.29. The molecule has 2 aromatic rings. The summed E-state index contributed by atoms with van der Waals surface area (Å²) in [6.45, 7) is 3.46. The molecule has 0 aliphatic carbocycles. The maximum Gasteiger partial charge on any atom is 0.413 e. The molecule has 3 amide bonds. The van der Waals surface area contributed by atoms with Gasteiger partial charge in [0.1, 0.15) is 0 Å². The zero-order valence-corrected chi connectivity index (χ0v) is 19.2. The first kappa shape index (κ1) is 21.8. The molecular formula is C21H22BrN3O5S. The second-order valence-electron chi connectivity index (χ2n) is 7.59. The van der Waals surface area contributed by atoms with Gasteiger partial charge in [0.05, 0.1) is 9.83 Å². The molecule has 31 heavy (non-hydrogen) atoms. The number of aryl methyl sites for hydroxylation is 1. The van der Waals surface area contributed by atoms with Gasteiger partial charge < -0.3 is 25.0 Å². The van der Waals surface area contributed by atoms with Crippen LogP contribution in [0.1, 0.15) is 28.8 Å². The molecule has 3 heterocycles. The fraction of sp³-hybridized carbons (Fsp3) is 0.381. The number of hydrogen-bond acceptors (Lipinski definition) is 6. The van der Waals surface area contributed by atoms with E-state index in [-0.39, 0.29) is 12.5 Å². The molecule has 2 aliphatic heterocycles. The summed E-state index contributed by atoms with van der Waals surface area (Å²) < 4.78 is 6.01. The Bertz CT molecular complexity index is 1020. The fourth-order valence-corrected chi connectivity index (χ4v) is 5.04. The average Bonchev–Trinajstić information content (AvgIpc) is 3.46. The molecule has 4 rings (SSSR count). The van der Waals surface area contributed by atoms with Gasteiger partial charge >= 0.3 is 6.09 Å². The largest absolute Gasteiger partial charge is 0.413 e. The second-order valence-corrected chi connectivity index (χ2v) is 10.0. The minimum Gasteiger partial charge on any atom is -0.399 e. The van der Waals surface area contributed by atoms with Crippen LogP contribution in [-0.4, -0.2) is 59.7 Å². The topological polar surface area (TPSA) is 99.2 Å². The molecule has 0 saturated carbocycles. The number of hydrogen-bond donors (Lipinski definition) is 2. The van der Waals surface area contributed by atoms with E-state index in [1.807, 2.05) is 11.8 Å². The van der Waals surface area contributed by atoms with E-state index in [0.29, 0.717) is 16.3 Å². The van der Waals surface area contributed by atoms with Crippen LogP contribution >= 0.6 is 27.3 Å². The highest BCUT2D eigenvalue weighted by Gasteiger charge is 2.41. The molecule has 2 fully saturated rings. The number of rotatable bonds is 4. The normalized spacial score (nSPS) is 20.9. The van der Waals surface area contributed by atoms with Gasteiger partial charge in [0.15, 0.2) is 11.2 Å². The molecule has 2 aliphatic rings. The van der Waals surface area contributed by atoms with Crippen molar-refractivity contribution in [3.63, 3.8) is 0 Å². The minimum atomic E-state index is -1.38. The molecule has 1 aromatic carbocycles. The van der Waals surface area contributed by atoms with E-state index >= 15 is 0 Å². The van der Waals surface area contributed by atoms with Crippen LogP contribution in [0.3, 0.4) is 0 Å². The molecular weight excluding hydrogens is 486 g/mol. The fourth-order valence-electron chi connectivity index (χ4n) is 3.85. The number of nitrogens with one attached hydrogen (secondary N) is 1. The van der Waals surface area contributed by atoms with E-state index < -0.39 is 24.1 Å². The number of thiophene rings is 1. The molecule has 1 aromatic heterocycles. The van der Waals surface area contributed by atoms with E-state index in [4.69, 9.17) is 4.74 Å². The number of carbonyl (C=O) groups excluding carboxylic acids is 3. The van der Waals surface area contributed by atoms with Gasteiger partial charge in [-0.05, 0) is 71.6 Å². The summed E-state index contributed by atoms with van der Waals surface area (Å²) in [6.07, 6.45) is -0.0858. The van der Waals surface area contributed by atoms with E-state index in [1.165, 1.54) is 16.2 Å². The van der Waals surface area contributed by atoms with Crippen molar-refractivity contribution in [2.75, 3.05) is 24.5 Å². The molecule has 8 nitrogen and oxygen atoms in total. The molecule has 0 spiro atoms. The van der Waals surface area contributed by atoms with Crippen LogP contribution in [0.25, 0.3) is 0 Å². The number of nitrogens with zero attached hydrogens (tertiary/aromatic N) is 2. The van der Waals surface area contributed by atoms with Crippen molar-refractivity contribution in [3.05, 3.63) is 45.2 Å². The molecule has 0 bridgehead atoms. The lowest BCUT2D eigenvalue weighted by atomic mass is 10.1. The second kappa shape index (κ2) is 8.97. The molecule has 2 N–H and O–H groups in total.